The largest absolute Gasteiger partial charge is 0.472 e. The molecule has 0 aromatic heterocycles. The van der Waals surface area contributed by atoms with E-state index in [-0.39, 0.29) is 25.1 Å². The fourth-order valence-electron chi connectivity index (χ4n) is 10.5. The molecule has 0 aliphatic heterocycles. The predicted molar refractivity (Wildman–Crippen MR) is 342 cm³/mol. The molecule has 3 unspecified atom stereocenters. The van der Waals surface area contributed by atoms with Crippen LogP contribution in [0.4, 0.5) is 0 Å². The van der Waals surface area contributed by atoms with Crippen molar-refractivity contribution in [1.82, 2.24) is 5.32 Å². The first-order chi connectivity index (χ1) is 38.4. The summed E-state index contributed by atoms with van der Waals surface area (Å²) in [6.07, 6.45) is 71.8. The number of nitrogens with one attached hydrogen (secondary N) is 1. The summed E-state index contributed by atoms with van der Waals surface area (Å²) in [6.45, 7) is 7.07. The van der Waals surface area contributed by atoms with Crippen LogP contribution in [0.3, 0.4) is 0 Å². The third kappa shape index (κ3) is 60.9. The smallest absolute Gasteiger partial charge is 0.456 e. The van der Waals surface area contributed by atoms with Crippen LogP contribution in [0, 0.1) is 0 Å². The second kappa shape index (κ2) is 59.6. The van der Waals surface area contributed by atoms with Crippen LogP contribution < -0.4 is 5.32 Å². The van der Waals surface area contributed by atoms with E-state index >= 15 is 0 Å². The third-order valence-electron chi connectivity index (χ3n) is 15.9. The lowest BCUT2D eigenvalue weighted by molar-refractivity contribution is -0.870. The van der Waals surface area contributed by atoms with E-state index in [1.165, 1.54) is 263 Å². The van der Waals surface area contributed by atoms with Gasteiger partial charge in [0.1, 0.15) is 19.3 Å². The van der Waals surface area contributed by atoms with E-state index in [0.29, 0.717) is 23.9 Å². The molecule has 0 spiro atoms. The SMILES string of the molecule is CCCCCCCC/C=C/CCCCCCCCCC(=O)OC(/C=C/CCCCCCCCCCCCC)C(COP(=O)(O)OCC[N+](C)(C)C)NC(=O)CCCCCCCCCCCCCCCCCCCCCCCCC. The Hall–Kier alpha value is -1.51. The Morgan fingerprint density at radius 3 is 1.08 bits per heavy atom. The van der Waals surface area contributed by atoms with Gasteiger partial charge in [0.25, 0.3) is 0 Å². The molecule has 0 fully saturated rings. The summed E-state index contributed by atoms with van der Waals surface area (Å²) >= 11 is 0. The van der Waals surface area contributed by atoms with Gasteiger partial charge in [-0.05, 0) is 57.4 Å². The van der Waals surface area contributed by atoms with Crippen molar-refractivity contribution in [3.8, 4) is 0 Å². The molecule has 0 heterocycles. The number of allylic oxidation sites excluding steroid dienone is 3. The lowest BCUT2D eigenvalue weighted by Gasteiger charge is -2.27. The lowest BCUT2D eigenvalue weighted by atomic mass is 10.0. The number of esters is 1. The second-order valence-electron chi connectivity index (χ2n) is 25.1. The van der Waals surface area contributed by atoms with Crippen molar-refractivity contribution in [2.75, 3.05) is 40.9 Å². The van der Waals surface area contributed by atoms with E-state index in [0.717, 1.165) is 57.8 Å². The Morgan fingerprint density at radius 1 is 0.430 bits per heavy atom. The van der Waals surface area contributed by atoms with Gasteiger partial charge in [-0.25, -0.2) is 4.57 Å². The first-order valence-corrected chi connectivity index (χ1v) is 36.2. The van der Waals surface area contributed by atoms with Crippen LogP contribution in [-0.2, 0) is 27.9 Å². The second-order valence-corrected chi connectivity index (χ2v) is 26.5. The molecule has 468 valence electrons. The molecule has 3 atom stereocenters. The average Bonchev–Trinajstić information content (AvgIpc) is 3.41. The fraction of sp³-hybridized carbons (Fsp3) is 0.913. The van der Waals surface area contributed by atoms with Gasteiger partial charge in [0.05, 0.1) is 33.8 Å². The highest BCUT2D eigenvalue weighted by molar-refractivity contribution is 7.47. The third-order valence-corrected chi connectivity index (χ3v) is 16.9. The molecule has 79 heavy (non-hydrogen) atoms. The van der Waals surface area contributed by atoms with Crippen LogP contribution in [0.2, 0.25) is 0 Å². The molecule has 9 nitrogen and oxygen atoms in total. The van der Waals surface area contributed by atoms with Gasteiger partial charge in [-0.3, -0.25) is 18.6 Å². The first kappa shape index (κ1) is 77.5. The number of phosphoric acid groups is 1. The number of amides is 1. The first-order valence-electron chi connectivity index (χ1n) is 34.7. The summed E-state index contributed by atoms with van der Waals surface area (Å²) in [5, 5.41) is 3.08. The minimum Gasteiger partial charge on any atom is -0.456 e. The van der Waals surface area contributed by atoms with Crippen LogP contribution in [0.1, 0.15) is 355 Å². The van der Waals surface area contributed by atoms with E-state index < -0.39 is 20.0 Å². The summed E-state index contributed by atoms with van der Waals surface area (Å²) in [7, 11) is 1.51. The Morgan fingerprint density at radius 2 is 0.734 bits per heavy atom. The zero-order chi connectivity index (χ0) is 57.9. The van der Waals surface area contributed by atoms with Crippen LogP contribution in [-0.4, -0.2) is 74.3 Å². The number of likely N-dealkylation sites (N-methyl/N-ethyl adjacent to an activating group) is 1. The maximum atomic E-state index is 13.6. The van der Waals surface area contributed by atoms with E-state index in [1.54, 1.807) is 0 Å². The van der Waals surface area contributed by atoms with Crippen molar-refractivity contribution < 1.29 is 37.3 Å². The van der Waals surface area contributed by atoms with Crippen molar-refractivity contribution in [2.24, 2.45) is 0 Å². The highest BCUT2D eigenvalue weighted by Crippen LogP contribution is 2.43. The zero-order valence-electron chi connectivity index (χ0n) is 53.6. The summed E-state index contributed by atoms with van der Waals surface area (Å²) in [4.78, 5) is 37.8. The summed E-state index contributed by atoms with van der Waals surface area (Å²) in [5.41, 5.74) is 0. The van der Waals surface area contributed by atoms with E-state index in [4.69, 9.17) is 13.8 Å². The van der Waals surface area contributed by atoms with E-state index in [9.17, 15) is 19.0 Å². The summed E-state index contributed by atoms with van der Waals surface area (Å²) in [5.74, 6) is -0.489. The number of rotatable bonds is 64. The Balaban J connectivity index is 5.10. The minimum absolute atomic E-state index is 0.0435. The average molecular weight is 1140 g/mol. The van der Waals surface area contributed by atoms with Gasteiger partial charge in [-0.2, -0.15) is 0 Å². The molecule has 0 saturated carbocycles. The maximum absolute atomic E-state index is 13.6. The maximum Gasteiger partial charge on any atom is 0.472 e. The normalized spacial score (nSPS) is 13.7. The quantitative estimate of drug-likeness (QED) is 0.0205. The molecule has 0 saturated heterocycles. The molecule has 1 amide bonds. The molecule has 0 bridgehead atoms. The fourth-order valence-corrected chi connectivity index (χ4v) is 11.3. The number of hydrogen-bond acceptors (Lipinski definition) is 6. The highest BCUT2D eigenvalue weighted by atomic mass is 31.2. The Bertz CT molecular complexity index is 1400. The van der Waals surface area contributed by atoms with Gasteiger partial charge < -0.3 is 19.4 Å². The molecule has 10 heteroatoms. The molecule has 2 N–H and O–H groups in total. The predicted octanol–water partition coefficient (Wildman–Crippen LogP) is 21.7. The summed E-state index contributed by atoms with van der Waals surface area (Å²) < 4.78 is 30.8. The van der Waals surface area contributed by atoms with Gasteiger partial charge in [-0.15, -0.1) is 0 Å². The Labute approximate surface area is 492 Å². The molecular formula is C69H136N2O7P+. The van der Waals surface area contributed by atoms with Gasteiger partial charge in [0, 0.05) is 12.8 Å². The van der Waals surface area contributed by atoms with Crippen LogP contribution >= 0.6 is 7.82 Å². The molecule has 0 aliphatic rings. The number of quaternary nitrogens is 1. The number of ether oxygens (including phenoxy) is 1. The van der Waals surface area contributed by atoms with Crippen molar-refractivity contribution in [3.05, 3.63) is 24.3 Å². The van der Waals surface area contributed by atoms with Gasteiger partial charge in [-0.1, -0.05) is 309 Å². The Kier molecular flexibility index (Phi) is 58.5. The van der Waals surface area contributed by atoms with Crippen molar-refractivity contribution in [2.45, 2.75) is 367 Å². The van der Waals surface area contributed by atoms with Gasteiger partial charge in [0.2, 0.25) is 5.91 Å². The lowest BCUT2D eigenvalue weighted by Crippen LogP contribution is -2.47. The number of nitrogens with zero attached hydrogens (tertiary/aromatic N) is 1. The molecule has 0 aliphatic carbocycles. The number of unbranched alkanes of at least 4 members (excludes halogenated alkanes) is 46. The monoisotopic (exact) mass is 1140 g/mol. The minimum atomic E-state index is -4.45. The standard InChI is InChI=1S/C69H135N2O7P/c1-7-10-13-16-19-22-25-28-30-32-33-34-35-36-37-39-40-43-46-49-52-55-58-61-68(72)70-66(65-77-79(74,75)76-64-63-71(4,5)6)67(60-57-54-51-48-45-42-27-24-21-18-15-12-9-3)78-69(73)62-59-56-53-50-47-44-41-38-31-29-26-23-20-17-14-11-8-2/h29,31,57,60,66-67H,7-28,30,32-56,58-59,61-65H2,1-6H3,(H-,70,72,74,75)/p+1/b31-29+,60-57+. The zero-order valence-corrected chi connectivity index (χ0v) is 54.5. The van der Waals surface area contributed by atoms with E-state index in [1.807, 2.05) is 33.3 Å². The number of carbonyl (C=O) groups is 2. The number of hydrogen-bond donors (Lipinski definition) is 2. The highest BCUT2D eigenvalue weighted by Gasteiger charge is 2.30. The van der Waals surface area contributed by atoms with Crippen molar-refractivity contribution in [1.29, 1.82) is 0 Å². The topological polar surface area (TPSA) is 111 Å². The number of phosphoric ester groups is 1. The molecule has 0 radical (unpaired) electrons. The number of carbonyl (C=O) groups excluding carboxylic acids is 2. The van der Waals surface area contributed by atoms with Crippen LogP contribution in [0.25, 0.3) is 0 Å². The molecular weight excluding hydrogens is 1000 g/mol. The van der Waals surface area contributed by atoms with Gasteiger partial charge >= 0.3 is 13.8 Å². The van der Waals surface area contributed by atoms with Crippen LogP contribution in [0.15, 0.2) is 24.3 Å². The molecule has 0 aromatic rings. The molecule has 0 rings (SSSR count). The van der Waals surface area contributed by atoms with Gasteiger partial charge in [0.15, 0.2) is 0 Å². The van der Waals surface area contributed by atoms with Crippen LogP contribution in [0.5, 0.6) is 0 Å². The molecule has 0 aromatic carbocycles. The summed E-state index contributed by atoms with van der Waals surface area (Å²) in [6, 6.07) is -0.845. The van der Waals surface area contributed by atoms with Crippen molar-refractivity contribution in [3.63, 3.8) is 0 Å². The van der Waals surface area contributed by atoms with Crippen molar-refractivity contribution >= 4 is 19.7 Å². The van der Waals surface area contributed by atoms with E-state index in [2.05, 4.69) is 38.2 Å².